The fourth-order valence-corrected chi connectivity index (χ4v) is 5.78. The monoisotopic (exact) mass is 459 g/mol. The molecular formula is C24H29NO6S. The van der Waals surface area contributed by atoms with Crippen LogP contribution in [0.2, 0.25) is 0 Å². The first-order valence-corrected chi connectivity index (χ1v) is 12.5. The summed E-state index contributed by atoms with van der Waals surface area (Å²) >= 11 is 0. The van der Waals surface area contributed by atoms with Crippen LogP contribution in [0.15, 0.2) is 60.7 Å². The van der Waals surface area contributed by atoms with E-state index in [2.05, 4.69) is 0 Å². The lowest BCUT2D eigenvalue weighted by molar-refractivity contribution is -0.167. The molecule has 3 rings (SSSR count). The number of nitrogens with zero attached hydrogens (tertiary/aromatic N) is 1. The van der Waals surface area contributed by atoms with E-state index in [0.717, 1.165) is 0 Å². The highest BCUT2D eigenvalue weighted by molar-refractivity contribution is 7.91. The molecule has 8 heteroatoms. The Bertz CT molecular complexity index is 999. The molecule has 1 saturated heterocycles. The fraction of sp³-hybridized carbons (Fsp3) is 0.417. The van der Waals surface area contributed by atoms with Gasteiger partial charge in [-0.1, -0.05) is 67.6 Å². The van der Waals surface area contributed by atoms with Crippen LogP contribution in [-0.4, -0.2) is 60.5 Å². The maximum atomic E-state index is 13.1. The quantitative estimate of drug-likeness (QED) is 0.608. The first-order valence-electron chi connectivity index (χ1n) is 10.7. The van der Waals surface area contributed by atoms with Crippen LogP contribution in [0.5, 0.6) is 0 Å². The molecule has 2 unspecified atom stereocenters. The van der Waals surface area contributed by atoms with Crippen LogP contribution in [0.25, 0.3) is 0 Å². The second kappa shape index (κ2) is 9.83. The Balaban J connectivity index is 1.81. The highest BCUT2D eigenvalue weighted by Gasteiger charge is 2.43. The highest BCUT2D eigenvalue weighted by Crippen LogP contribution is 2.31. The third kappa shape index (κ3) is 5.02. The first kappa shape index (κ1) is 23.9. The van der Waals surface area contributed by atoms with Crippen molar-refractivity contribution in [1.82, 2.24) is 4.90 Å². The van der Waals surface area contributed by atoms with Gasteiger partial charge in [0.1, 0.15) is 0 Å². The van der Waals surface area contributed by atoms with Gasteiger partial charge in [-0.05, 0) is 30.9 Å². The maximum absolute atomic E-state index is 13.1. The Morgan fingerprint density at radius 1 is 1.09 bits per heavy atom. The normalized spacial score (nSPS) is 18.7. The molecule has 2 atom stereocenters. The summed E-state index contributed by atoms with van der Waals surface area (Å²) in [5.74, 6) is -1.49. The summed E-state index contributed by atoms with van der Waals surface area (Å²) in [5, 5.41) is 11.4. The molecule has 0 bridgehead atoms. The van der Waals surface area contributed by atoms with Crippen molar-refractivity contribution in [2.45, 2.75) is 44.4 Å². The molecule has 0 saturated carbocycles. The summed E-state index contributed by atoms with van der Waals surface area (Å²) in [5.41, 5.74) is -1.44. The third-order valence-corrected chi connectivity index (χ3v) is 7.71. The summed E-state index contributed by atoms with van der Waals surface area (Å²) in [6.45, 7) is 3.17. The lowest BCUT2D eigenvalue weighted by Gasteiger charge is -2.34. The fourth-order valence-electron chi connectivity index (χ4n) is 4.07. The number of carbonyl (C=O) groups excluding carboxylic acids is 2. The van der Waals surface area contributed by atoms with Crippen LogP contribution in [-0.2, 0) is 29.8 Å². The Kier molecular flexibility index (Phi) is 7.36. The smallest absolute Gasteiger partial charge is 0.348 e. The first-order chi connectivity index (χ1) is 15.2. The molecule has 1 heterocycles. The number of ether oxygens (including phenoxy) is 1. The molecule has 1 fully saturated rings. The van der Waals surface area contributed by atoms with Gasteiger partial charge in [0.15, 0.2) is 16.4 Å². The molecule has 172 valence electrons. The predicted octanol–water partition coefficient (Wildman–Crippen LogP) is 2.28. The van der Waals surface area contributed by atoms with E-state index in [4.69, 9.17) is 4.74 Å². The van der Waals surface area contributed by atoms with Crippen molar-refractivity contribution >= 4 is 21.7 Å². The Hall–Kier alpha value is -2.71. The van der Waals surface area contributed by atoms with Gasteiger partial charge >= 0.3 is 5.97 Å². The van der Waals surface area contributed by atoms with Crippen molar-refractivity contribution in [3.63, 3.8) is 0 Å². The average Bonchev–Trinajstić information content (AvgIpc) is 3.16. The molecule has 2 aromatic rings. The van der Waals surface area contributed by atoms with Gasteiger partial charge in [0, 0.05) is 12.1 Å². The minimum absolute atomic E-state index is 0.0411. The van der Waals surface area contributed by atoms with Gasteiger partial charge in [-0.2, -0.15) is 0 Å². The molecule has 0 spiro atoms. The largest absolute Gasteiger partial charge is 0.453 e. The number of sulfone groups is 1. The van der Waals surface area contributed by atoms with Crippen LogP contribution >= 0.6 is 0 Å². The average molecular weight is 460 g/mol. The number of benzene rings is 2. The lowest BCUT2D eigenvalue weighted by Crippen LogP contribution is -2.49. The molecule has 1 aliphatic heterocycles. The molecule has 7 nitrogen and oxygen atoms in total. The topological polar surface area (TPSA) is 101 Å². The zero-order valence-electron chi connectivity index (χ0n) is 18.3. The van der Waals surface area contributed by atoms with Crippen LogP contribution < -0.4 is 0 Å². The van der Waals surface area contributed by atoms with Gasteiger partial charge in [0.2, 0.25) is 5.60 Å². The lowest BCUT2D eigenvalue weighted by atomic mass is 9.86. The van der Waals surface area contributed by atoms with Crippen molar-refractivity contribution in [2.75, 3.05) is 18.1 Å². The van der Waals surface area contributed by atoms with Crippen LogP contribution in [0, 0.1) is 0 Å². The summed E-state index contributed by atoms with van der Waals surface area (Å²) in [6, 6.07) is 16.2. The zero-order valence-corrected chi connectivity index (χ0v) is 19.1. The van der Waals surface area contributed by atoms with E-state index in [0.29, 0.717) is 24.0 Å². The summed E-state index contributed by atoms with van der Waals surface area (Å²) in [7, 11) is -3.18. The number of amides is 1. The molecule has 1 N–H and O–H groups in total. The van der Waals surface area contributed by atoms with Gasteiger partial charge in [-0.15, -0.1) is 0 Å². The molecule has 0 radical (unpaired) electrons. The van der Waals surface area contributed by atoms with Crippen molar-refractivity contribution in [3.8, 4) is 0 Å². The van der Waals surface area contributed by atoms with Crippen molar-refractivity contribution in [2.24, 2.45) is 0 Å². The van der Waals surface area contributed by atoms with E-state index < -0.39 is 40.0 Å². The van der Waals surface area contributed by atoms with Crippen LogP contribution in [0.1, 0.15) is 37.8 Å². The molecule has 32 heavy (non-hydrogen) atoms. The number of aliphatic hydroxyl groups is 1. The Morgan fingerprint density at radius 3 is 2.06 bits per heavy atom. The highest BCUT2D eigenvalue weighted by atomic mass is 32.2. The number of rotatable bonds is 8. The Labute approximate surface area is 188 Å². The van der Waals surface area contributed by atoms with E-state index in [1.165, 1.54) is 4.90 Å². The Morgan fingerprint density at radius 2 is 1.62 bits per heavy atom. The van der Waals surface area contributed by atoms with E-state index in [1.807, 2.05) is 13.8 Å². The van der Waals surface area contributed by atoms with Crippen molar-refractivity contribution in [1.29, 1.82) is 0 Å². The van der Waals surface area contributed by atoms with Gasteiger partial charge in [0.25, 0.3) is 5.91 Å². The molecule has 0 aliphatic carbocycles. The van der Waals surface area contributed by atoms with Gasteiger partial charge in [-0.3, -0.25) is 4.79 Å². The molecule has 0 aromatic heterocycles. The second-order valence-corrected chi connectivity index (χ2v) is 10.4. The summed E-state index contributed by atoms with van der Waals surface area (Å²) < 4.78 is 29.2. The summed E-state index contributed by atoms with van der Waals surface area (Å²) in [4.78, 5) is 27.7. The minimum atomic E-state index is -3.18. The number of hydrogen-bond acceptors (Lipinski definition) is 6. The molecular weight excluding hydrogens is 430 g/mol. The number of esters is 1. The van der Waals surface area contributed by atoms with Crippen LogP contribution in [0.4, 0.5) is 0 Å². The molecule has 1 amide bonds. The van der Waals surface area contributed by atoms with E-state index >= 15 is 0 Å². The number of carbonyl (C=O) groups is 2. The third-order valence-electron chi connectivity index (χ3n) is 5.96. The van der Waals surface area contributed by atoms with E-state index in [-0.39, 0.29) is 17.5 Å². The summed E-state index contributed by atoms with van der Waals surface area (Å²) in [6.07, 6.45) is 0.999. The molecule has 1 aliphatic rings. The van der Waals surface area contributed by atoms with Gasteiger partial charge in [0.05, 0.1) is 11.5 Å². The van der Waals surface area contributed by atoms with E-state index in [9.17, 15) is 23.1 Å². The van der Waals surface area contributed by atoms with Crippen molar-refractivity contribution < 1.29 is 27.9 Å². The SMILES string of the molecule is CCC(C)N(C(=O)COC(=O)C(O)(c1ccccc1)c1ccccc1)C1CCS(=O)(=O)C1. The molecule has 2 aromatic carbocycles. The van der Waals surface area contributed by atoms with Crippen molar-refractivity contribution in [3.05, 3.63) is 71.8 Å². The number of hydrogen-bond donors (Lipinski definition) is 1. The van der Waals surface area contributed by atoms with Gasteiger partial charge < -0.3 is 14.7 Å². The zero-order chi connectivity index (χ0) is 23.4. The predicted molar refractivity (Wildman–Crippen MR) is 120 cm³/mol. The standard InChI is InChI=1S/C24H29NO6S/c1-3-18(2)25(21-14-15-32(29,30)17-21)22(26)16-31-23(27)24(28,19-10-6-4-7-11-19)20-12-8-5-9-13-20/h4-13,18,21,28H,3,14-17H2,1-2H3. The van der Waals surface area contributed by atoms with Crippen LogP contribution in [0.3, 0.4) is 0 Å². The van der Waals surface area contributed by atoms with Gasteiger partial charge in [-0.25, -0.2) is 13.2 Å². The van der Waals surface area contributed by atoms with E-state index in [1.54, 1.807) is 60.7 Å². The maximum Gasteiger partial charge on any atom is 0.348 e. The second-order valence-electron chi connectivity index (χ2n) is 8.13. The minimum Gasteiger partial charge on any atom is -0.453 e.